The summed E-state index contributed by atoms with van der Waals surface area (Å²) in [5.74, 6) is 1.41. The average molecular weight is 338 g/mol. The van der Waals surface area contributed by atoms with Crippen LogP contribution >= 0.6 is 11.8 Å². The molecular weight excluding hydrogens is 316 g/mol. The number of carbonyl (C=O) groups excluding carboxylic acids is 1. The lowest BCUT2D eigenvalue weighted by atomic mass is 10.3. The van der Waals surface area contributed by atoms with E-state index >= 15 is 0 Å². The molecular formula is C15H22N4O3S. The number of anilines is 1. The number of amides is 1. The molecule has 0 aliphatic carbocycles. The van der Waals surface area contributed by atoms with Crippen molar-refractivity contribution in [2.45, 2.75) is 12.1 Å². The molecule has 0 unspecified atom stereocenters. The Kier molecular flexibility index (Phi) is 5.69. The summed E-state index contributed by atoms with van der Waals surface area (Å²) in [5.41, 5.74) is 0.919. The summed E-state index contributed by atoms with van der Waals surface area (Å²) < 4.78 is 10.6. The van der Waals surface area contributed by atoms with Crippen molar-refractivity contribution in [1.82, 2.24) is 14.9 Å². The largest absolute Gasteiger partial charge is 0.378 e. The van der Waals surface area contributed by atoms with Gasteiger partial charge in [-0.15, -0.1) is 0 Å². The molecule has 3 heterocycles. The molecule has 1 aromatic rings. The fraction of sp³-hybridized carbons (Fsp3) is 0.667. The van der Waals surface area contributed by atoms with Crippen LogP contribution in [0.2, 0.25) is 0 Å². The molecule has 1 aromatic heterocycles. The third-order valence-electron chi connectivity index (χ3n) is 3.84. The number of rotatable bonds is 4. The van der Waals surface area contributed by atoms with Crippen LogP contribution in [0.4, 0.5) is 5.82 Å². The Morgan fingerprint density at radius 2 is 1.78 bits per heavy atom. The van der Waals surface area contributed by atoms with Crippen LogP contribution in [-0.2, 0) is 14.3 Å². The predicted octanol–water partition coefficient (Wildman–Crippen LogP) is 0.573. The summed E-state index contributed by atoms with van der Waals surface area (Å²) in [5, 5.41) is 0.660. The van der Waals surface area contributed by atoms with Crippen molar-refractivity contribution in [1.29, 1.82) is 0 Å². The zero-order valence-electron chi connectivity index (χ0n) is 13.4. The first-order valence-electron chi connectivity index (χ1n) is 7.89. The monoisotopic (exact) mass is 338 g/mol. The van der Waals surface area contributed by atoms with Gasteiger partial charge in [0.05, 0.1) is 32.2 Å². The van der Waals surface area contributed by atoms with Crippen LogP contribution in [0.3, 0.4) is 0 Å². The molecule has 0 atom stereocenters. The minimum absolute atomic E-state index is 0.122. The number of thioether (sulfide) groups is 1. The second kappa shape index (κ2) is 7.94. The molecule has 0 radical (unpaired) electrons. The third-order valence-corrected chi connectivity index (χ3v) is 4.68. The summed E-state index contributed by atoms with van der Waals surface area (Å²) in [6.45, 7) is 7.68. The second-order valence-corrected chi connectivity index (χ2v) is 6.47. The molecule has 7 nitrogen and oxygen atoms in total. The van der Waals surface area contributed by atoms with E-state index in [2.05, 4.69) is 14.9 Å². The molecule has 2 aliphatic rings. The Morgan fingerprint density at radius 1 is 1.13 bits per heavy atom. The topological polar surface area (TPSA) is 67.8 Å². The highest BCUT2D eigenvalue weighted by atomic mass is 32.2. The molecule has 0 N–H and O–H groups in total. The van der Waals surface area contributed by atoms with Crippen molar-refractivity contribution in [3.8, 4) is 0 Å². The van der Waals surface area contributed by atoms with E-state index in [0.29, 0.717) is 37.2 Å². The molecule has 0 aromatic carbocycles. The number of hydrogen-bond acceptors (Lipinski definition) is 7. The second-order valence-electron chi connectivity index (χ2n) is 5.53. The molecule has 1 amide bonds. The van der Waals surface area contributed by atoms with Crippen molar-refractivity contribution in [2.24, 2.45) is 0 Å². The Bertz CT molecular complexity index is 546. The molecule has 0 saturated carbocycles. The van der Waals surface area contributed by atoms with Crippen molar-refractivity contribution >= 4 is 23.5 Å². The van der Waals surface area contributed by atoms with E-state index < -0.39 is 0 Å². The van der Waals surface area contributed by atoms with Crippen LogP contribution in [0.5, 0.6) is 0 Å². The van der Waals surface area contributed by atoms with E-state index in [-0.39, 0.29) is 5.91 Å². The van der Waals surface area contributed by atoms with Gasteiger partial charge >= 0.3 is 0 Å². The van der Waals surface area contributed by atoms with Gasteiger partial charge in [-0.25, -0.2) is 9.97 Å². The van der Waals surface area contributed by atoms with Crippen molar-refractivity contribution in [3.63, 3.8) is 0 Å². The molecule has 0 bridgehead atoms. The summed E-state index contributed by atoms with van der Waals surface area (Å²) in [6.07, 6.45) is 0. The fourth-order valence-electron chi connectivity index (χ4n) is 2.57. The maximum atomic E-state index is 12.2. The highest BCUT2D eigenvalue weighted by molar-refractivity contribution is 7.99. The van der Waals surface area contributed by atoms with Crippen LogP contribution in [0.1, 0.15) is 5.69 Å². The number of nitrogens with zero attached hydrogens (tertiary/aromatic N) is 4. The van der Waals surface area contributed by atoms with Gasteiger partial charge in [0.2, 0.25) is 5.91 Å². The smallest absolute Gasteiger partial charge is 0.233 e. The van der Waals surface area contributed by atoms with E-state index in [0.717, 1.165) is 37.8 Å². The fourth-order valence-corrected chi connectivity index (χ4v) is 3.38. The standard InChI is InChI=1S/C15H22N4O3S/c1-12-10-13(18-2-6-21-7-3-18)17-15(16-12)23-11-14(20)19-4-8-22-9-5-19/h10H,2-9,11H2,1H3. The van der Waals surface area contributed by atoms with Crippen molar-refractivity contribution < 1.29 is 14.3 Å². The number of aryl methyl sites for hydroxylation is 1. The summed E-state index contributed by atoms with van der Waals surface area (Å²) in [7, 11) is 0. The van der Waals surface area contributed by atoms with Gasteiger partial charge in [-0.3, -0.25) is 4.79 Å². The first-order chi connectivity index (χ1) is 11.2. The van der Waals surface area contributed by atoms with Gasteiger partial charge in [-0.2, -0.15) is 0 Å². The van der Waals surface area contributed by atoms with Gasteiger partial charge in [0.1, 0.15) is 5.82 Å². The summed E-state index contributed by atoms with van der Waals surface area (Å²) in [6, 6.07) is 1.99. The highest BCUT2D eigenvalue weighted by Crippen LogP contribution is 2.20. The van der Waals surface area contributed by atoms with Crippen LogP contribution in [-0.4, -0.2) is 79.1 Å². The lowest BCUT2D eigenvalue weighted by Crippen LogP contribution is -2.41. The summed E-state index contributed by atoms with van der Waals surface area (Å²) in [4.78, 5) is 25.3. The normalized spacial score (nSPS) is 19.0. The zero-order chi connectivity index (χ0) is 16.1. The lowest BCUT2D eigenvalue weighted by Gasteiger charge is -2.28. The van der Waals surface area contributed by atoms with Gasteiger partial charge < -0.3 is 19.3 Å². The average Bonchev–Trinajstić information content (AvgIpc) is 2.61. The molecule has 126 valence electrons. The quantitative estimate of drug-likeness (QED) is 0.587. The third kappa shape index (κ3) is 4.55. The lowest BCUT2D eigenvalue weighted by molar-refractivity contribution is -0.132. The van der Waals surface area contributed by atoms with E-state index in [4.69, 9.17) is 9.47 Å². The van der Waals surface area contributed by atoms with E-state index in [9.17, 15) is 4.79 Å². The number of carbonyl (C=O) groups is 1. The summed E-state index contributed by atoms with van der Waals surface area (Å²) >= 11 is 1.40. The molecule has 3 rings (SSSR count). The van der Waals surface area contributed by atoms with Crippen LogP contribution in [0.25, 0.3) is 0 Å². The number of morpholine rings is 2. The number of ether oxygens (including phenoxy) is 2. The molecule has 2 saturated heterocycles. The predicted molar refractivity (Wildman–Crippen MR) is 87.9 cm³/mol. The molecule has 8 heteroatoms. The van der Waals surface area contributed by atoms with Crippen LogP contribution in [0, 0.1) is 6.92 Å². The van der Waals surface area contributed by atoms with Crippen molar-refractivity contribution in [2.75, 3.05) is 63.3 Å². The van der Waals surface area contributed by atoms with Gasteiger partial charge in [0.15, 0.2) is 5.16 Å². The molecule has 2 aliphatic heterocycles. The minimum Gasteiger partial charge on any atom is -0.378 e. The maximum Gasteiger partial charge on any atom is 0.233 e. The van der Waals surface area contributed by atoms with E-state index in [1.807, 2.05) is 17.9 Å². The van der Waals surface area contributed by atoms with Crippen LogP contribution < -0.4 is 4.90 Å². The van der Waals surface area contributed by atoms with Gasteiger partial charge in [-0.05, 0) is 6.92 Å². The Morgan fingerprint density at radius 3 is 2.48 bits per heavy atom. The zero-order valence-corrected chi connectivity index (χ0v) is 14.2. The van der Waals surface area contributed by atoms with Crippen molar-refractivity contribution in [3.05, 3.63) is 11.8 Å². The van der Waals surface area contributed by atoms with Gasteiger partial charge in [0, 0.05) is 37.9 Å². The molecule has 23 heavy (non-hydrogen) atoms. The number of aromatic nitrogens is 2. The Hall–Kier alpha value is -1.38. The first-order valence-corrected chi connectivity index (χ1v) is 8.87. The van der Waals surface area contributed by atoms with E-state index in [1.165, 1.54) is 11.8 Å². The maximum absolute atomic E-state index is 12.2. The minimum atomic E-state index is 0.122. The highest BCUT2D eigenvalue weighted by Gasteiger charge is 2.18. The SMILES string of the molecule is Cc1cc(N2CCOCC2)nc(SCC(=O)N2CCOCC2)n1. The Labute approximate surface area is 140 Å². The first kappa shape index (κ1) is 16.5. The van der Waals surface area contributed by atoms with Crippen LogP contribution in [0.15, 0.2) is 11.2 Å². The van der Waals surface area contributed by atoms with Gasteiger partial charge in [0.25, 0.3) is 0 Å². The molecule has 0 spiro atoms. The Balaban J connectivity index is 1.60. The molecule has 2 fully saturated rings. The van der Waals surface area contributed by atoms with E-state index in [1.54, 1.807) is 0 Å². The number of hydrogen-bond donors (Lipinski definition) is 0. The van der Waals surface area contributed by atoms with Gasteiger partial charge in [-0.1, -0.05) is 11.8 Å².